The van der Waals surface area contributed by atoms with Crippen LogP contribution >= 0.6 is 0 Å². The molecule has 0 saturated carbocycles. The van der Waals surface area contributed by atoms with Crippen LogP contribution in [0.5, 0.6) is 0 Å². The van der Waals surface area contributed by atoms with Crippen molar-refractivity contribution in [2.75, 3.05) is 19.8 Å². The molecule has 1 saturated heterocycles. The molecule has 1 aliphatic rings. The molecular weight excluding hydrogens is 176 g/mol. The molecule has 1 rings (SSSR count). The molecule has 1 heterocycles. The van der Waals surface area contributed by atoms with Crippen LogP contribution in [-0.2, 0) is 4.74 Å². The quantitative estimate of drug-likeness (QED) is 0.629. The van der Waals surface area contributed by atoms with E-state index in [1.807, 2.05) is 25.7 Å². The molecule has 0 aliphatic carbocycles. The Morgan fingerprint density at radius 1 is 1.38 bits per heavy atom. The Bertz CT molecular complexity index is 167. The van der Waals surface area contributed by atoms with Gasteiger partial charge in [-0.1, -0.05) is 0 Å². The Balaban J connectivity index is 2.67. The Kier molecular flexibility index (Phi) is 3.24. The number of nitrogens with zero attached hydrogens (tertiary/aromatic N) is 1. The molecule has 0 amide bonds. The first-order chi connectivity index (χ1) is 5.93. The second-order valence-electron chi connectivity index (χ2n) is 4.34. The first kappa shape index (κ1) is 10.9. The third kappa shape index (κ3) is 2.61. The molecule has 0 unspecified atom stereocenters. The average Bonchev–Trinajstić information content (AvgIpc) is 2.03. The van der Waals surface area contributed by atoms with Crippen molar-refractivity contribution in [3.63, 3.8) is 0 Å². The van der Waals surface area contributed by atoms with Gasteiger partial charge in [0.1, 0.15) is 0 Å². The van der Waals surface area contributed by atoms with Crippen LogP contribution in [0.3, 0.4) is 0 Å². The van der Waals surface area contributed by atoms with E-state index in [-0.39, 0.29) is 12.1 Å². The highest BCUT2D eigenvalue weighted by molar-refractivity contribution is 4.86. The second kappa shape index (κ2) is 3.88. The lowest BCUT2D eigenvalue weighted by molar-refractivity contribution is -0.103. The molecule has 0 radical (unpaired) electrons. The van der Waals surface area contributed by atoms with Gasteiger partial charge in [0.2, 0.25) is 0 Å². The van der Waals surface area contributed by atoms with Crippen LogP contribution in [0.25, 0.3) is 0 Å². The lowest BCUT2D eigenvalue weighted by Crippen LogP contribution is -2.57. The molecule has 4 heteroatoms. The third-order valence-corrected chi connectivity index (χ3v) is 2.32. The van der Waals surface area contributed by atoms with Crippen LogP contribution in [0.2, 0.25) is 0 Å². The Morgan fingerprint density at radius 2 is 2.00 bits per heavy atom. The molecular formula is C9H17F2NO. The first-order valence-corrected chi connectivity index (χ1v) is 4.55. The highest BCUT2D eigenvalue weighted by Gasteiger charge is 2.36. The van der Waals surface area contributed by atoms with E-state index in [9.17, 15) is 8.78 Å². The van der Waals surface area contributed by atoms with Gasteiger partial charge in [-0.15, -0.1) is 0 Å². The van der Waals surface area contributed by atoms with Crippen molar-refractivity contribution >= 4 is 0 Å². The van der Waals surface area contributed by atoms with Crippen molar-refractivity contribution in [2.45, 2.75) is 38.8 Å². The smallest absolute Gasteiger partial charge is 0.256 e. The zero-order chi connectivity index (χ0) is 10.1. The highest BCUT2D eigenvalue weighted by Crippen LogP contribution is 2.23. The number of halogens is 2. The standard InChI is InChI=1S/C9H17F2NO/c1-9(2,3)12-4-5-13-6-7(12)8(10)11/h7-8H,4-6H2,1-3H3/t7-/m1/s1. The van der Waals surface area contributed by atoms with E-state index in [0.29, 0.717) is 13.2 Å². The number of rotatable bonds is 1. The van der Waals surface area contributed by atoms with Gasteiger partial charge in [-0.25, -0.2) is 8.78 Å². The summed E-state index contributed by atoms with van der Waals surface area (Å²) in [7, 11) is 0. The summed E-state index contributed by atoms with van der Waals surface area (Å²) in [5.41, 5.74) is -0.203. The van der Waals surface area contributed by atoms with E-state index >= 15 is 0 Å². The van der Waals surface area contributed by atoms with E-state index in [0.717, 1.165) is 0 Å². The van der Waals surface area contributed by atoms with Crippen LogP contribution in [0.1, 0.15) is 20.8 Å². The molecule has 1 fully saturated rings. The van der Waals surface area contributed by atoms with E-state index in [1.54, 1.807) is 0 Å². The maximum atomic E-state index is 12.6. The topological polar surface area (TPSA) is 12.5 Å². The Labute approximate surface area is 77.9 Å². The summed E-state index contributed by atoms with van der Waals surface area (Å²) < 4.78 is 30.2. The molecule has 78 valence electrons. The maximum absolute atomic E-state index is 12.6. The van der Waals surface area contributed by atoms with Gasteiger partial charge in [-0.3, -0.25) is 4.90 Å². The summed E-state index contributed by atoms with van der Waals surface area (Å²) in [4.78, 5) is 1.82. The summed E-state index contributed by atoms with van der Waals surface area (Å²) in [5, 5.41) is 0. The molecule has 13 heavy (non-hydrogen) atoms. The molecule has 1 aliphatic heterocycles. The van der Waals surface area contributed by atoms with Crippen LogP contribution in [0.15, 0.2) is 0 Å². The van der Waals surface area contributed by atoms with Gasteiger partial charge in [0.05, 0.1) is 19.3 Å². The normalized spacial score (nSPS) is 26.8. The molecule has 0 aromatic heterocycles. The fourth-order valence-corrected chi connectivity index (χ4v) is 1.66. The molecule has 0 N–H and O–H groups in total. The number of morpholine rings is 1. The van der Waals surface area contributed by atoms with Gasteiger partial charge < -0.3 is 4.74 Å². The van der Waals surface area contributed by atoms with Gasteiger partial charge in [0.25, 0.3) is 6.43 Å². The Morgan fingerprint density at radius 3 is 2.38 bits per heavy atom. The fraction of sp³-hybridized carbons (Fsp3) is 1.00. The number of hydrogen-bond acceptors (Lipinski definition) is 2. The van der Waals surface area contributed by atoms with Crippen LogP contribution < -0.4 is 0 Å². The third-order valence-electron chi connectivity index (χ3n) is 2.32. The van der Waals surface area contributed by atoms with E-state index in [4.69, 9.17) is 4.74 Å². The van der Waals surface area contributed by atoms with Crippen molar-refractivity contribution < 1.29 is 13.5 Å². The predicted molar refractivity (Wildman–Crippen MR) is 47.1 cm³/mol. The fourth-order valence-electron chi connectivity index (χ4n) is 1.66. The lowest BCUT2D eigenvalue weighted by Gasteiger charge is -2.43. The van der Waals surface area contributed by atoms with Crippen LogP contribution in [-0.4, -0.2) is 42.7 Å². The SMILES string of the molecule is CC(C)(C)N1CCOC[C@@H]1C(F)F. The van der Waals surface area contributed by atoms with Gasteiger partial charge >= 0.3 is 0 Å². The van der Waals surface area contributed by atoms with Crippen molar-refractivity contribution in [1.82, 2.24) is 4.90 Å². The predicted octanol–water partition coefficient (Wildman–Crippen LogP) is 1.75. The first-order valence-electron chi connectivity index (χ1n) is 4.55. The lowest BCUT2D eigenvalue weighted by atomic mass is 10.0. The molecule has 0 spiro atoms. The van der Waals surface area contributed by atoms with Crippen LogP contribution in [0, 0.1) is 0 Å². The zero-order valence-electron chi connectivity index (χ0n) is 8.39. The van der Waals surface area contributed by atoms with Gasteiger partial charge in [-0.05, 0) is 20.8 Å². The van der Waals surface area contributed by atoms with E-state index in [1.165, 1.54) is 0 Å². The summed E-state index contributed by atoms with van der Waals surface area (Å²) in [6.07, 6.45) is -2.32. The minimum absolute atomic E-state index is 0.148. The van der Waals surface area contributed by atoms with Crippen molar-refractivity contribution in [3.05, 3.63) is 0 Å². The summed E-state index contributed by atoms with van der Waals surface area (Å²) in [6, 6.07) is -0.742. The average molecular weight is 193 g/mol. The number of ether oxygens (including phenoxy) is 1. The number of alkyl halides is 2. The minimum Gasteiger partial charge on any atom is -0.378 e. The van der Waals surface area contributed by atoms with Crippen molar-refractivity contribution in [2.24, 2.45) is 0 Å². The van der Waals surface area contributed by atoms with Crippen molar-refractivity contribution in [3.8, 4) is 0 Å². The molecule has 0 aromatic rings. The van der Waals surface area contributed by atoms with Crippen LogP contribution in [0.4, 0.5) is 8.78 Å². The minimum atomic E-state index is -2.32. The molecule has 2 nitrogen and oxygen atoms in total. The van der Waals surface area contributed by atoms with E-state index < -0.39 is 12.5 Å². The second-order valence-corrected chi connectivity index (χ2v) is 4.34. The van der Waals surface area contributed by atoms with Gasteiger partial charge in [0, 0.05) is 12.1 Å². The number of hydrogen-bond donors (Lipinski definition) is 0. The summed E-state index contributed by atoms with van der Waals surface area (Å²) >= 11 is 0. The maximum Gasteiger partial charge on any atom is 0.256 e. The summed E-state index contributed by atoms with van der Waals surface area (Å²) in [6.45, 7) is 7.16. The Hall–Kier alpha value is -0.220. The van der Waals surface area contributed by atoms with E-state index in [2.05, 4.69) is 0 Å². The monoisotopic (exact) mass is 193 g/mol. The highest BCUT2D eigenvalue weighted by atomic mass is 19.3. The largest absolute Gasteiger partial charge is 0.378 e. The van der Waals surface area contributed by atoms with Gasteiger partial charge in [-0.2, -0.15) is 0 Å². The van der Waals surface area contributed by atoms with Crippen molar-refractivity contribution in [1.29, 1.82) is 0 Å². The molecule has 1 atom stereocenters. The molecule has 0 bridgehead atoms. The zero-order valence-corrected chi connectivity index (χ0v) is 8.39. The summed E-state index contributed by atoms with van der Waals surface area (Å²) in [5.74, 6) is 0. The van der Waals surface area contributed by atoms with Gasteiger partial charge in [0.15, 0.2) is 0 Å². The molecule has 0 aromatic carbocycles.